The summed E-state index contributed by atoms with van der Waals surface area (Å²) in [6.45, 7) is 2.35. The fraction of sp³-hybridized carbons (Fsp3) is 0.273. The summed E-state index contributed by atoms with van der Waals surface area (Å²) in [6, 6.07) is 16.9. The lowest BCUT2D eigenvalue weighted by Gasteiger charge is -2.21. The molecule has 0 saturated heterocycles. The van der Waals surface area contributed by atoms with Crippen molar-refractivity contribution in [3.8, 4) is 11.4 Å². The molecule has 156 valence electrons. The van der Waals surface area contributed by atoms with E-state index in [1.54, 1.807) is 23.6 Å². The number of aromatic nitrogens is 3. The van der Waals surface area contributed by atoms with Gasteiger partial charge in [-0.05, 0) is 24.6 Å². The third-order valence-electron chi connectivity index (χ3n) is 4.71. The van der Waals surface area contributed by atoms with Gasteiger partial charge in [-0.1, -0.05) is 41.6 Å². The quantitative estimate of drug-likeness (QED) is 0.533. The highest BCUT2D eigenvalue weighted by Crippen LogP contribution is 2.19. The van der Waals surface area contributed by atoms with Gasteiger partial charge in [-0.3, -0.25) is 9.59 Å². The van der Waals surface area contributed by atoms with Crippen molar-refractivity contribution >= 4 is 11.9 Å². The molecule has 0 atom stereocenters. The van der Waals surface area contributed by atoms with Crippen LogP contribution in [0.2, 0.25) is 0 Å². The first-order valence-corrected chi connectivity index (χ1v) is 9.50. The number of hydrogen-bond donors (Lipinski definition) is 0. The Balaban J connectivity index is 1.88. The van der Waals surface area contributed by atoms with E-state index in [-0.39, 0.29) is 30.5 Å². The van der Waals surface area contributed by atoms with Gasteiger partial charge in [0.15, 0.2) is 5.69 Å². The summed E-state index contributed by atoms with van der Waals surface area (Å²) in [7, 11) is 2.92. The minimum absolute atomic E-state index is 0.0954. The predicted octanol–water partition coefficient (Wildman–Crippen LogP) is 2.79. The van der Waals surface area contributed by atoms with Gasteiger partial charge in [-0.25, -0.2) is 4.68 Å². The monoisotopic (exact) mass is 408 g/mol. The number of rotatable bonds is 8. The van der Waals surface area contributed by atoms with Crippen LogP contribution in [-0.4, -0.2) is 52.5 Å². The highest BCUT2D eigenvalue weighted by atomic mass is 16.5. The Morgan fingerprint density at radius 2 is 1.83 bits per heavy atom. The summed E-state index contributed by atoms with van der Waals surface area (Å²) in [6.07, 6.45) is 0.0954. The van der Waals surface area contributed by atoms with Crippen LogP contribution < -0.4 is 4.74 Å². The van der Waals surface area contributed by atoms with Crippen LogP contribution in [0.25, 0.3) is 5.69 Å². The smallest absolute Gasteiger partial charge is 0.307 e. The van der Waals surface area contributed by atoms with E-state index in [1.807, 2.05) is 54.6 Å². The first-order chi connectivity index (χ1) is 14.5. The maximum Gasteiger partial charge on any atom is 0.307 e. The predicted molar refractivity (Wildman–Crippen MR) is 110 cm³/mol. The van der Waals surface area contributed by atoms with E-state index in [9.17, 15) is 9.59 Å². The number of esters is 1. The van der Waals surface area contributed by atoms with E-state index in [0.717, 1.165) is 11.3 Å². The Kier molecular flexibility index (Phi) is 6.79. The first-order valence-electron chi connectivity index (χ1n) is 9.50. The lowest BCUT2D eigenvalue weighted by molar-refractivity contribution is -0.140. The lowest BCUT2D eigenvalue weighted by Crippen LogP contribution is -2.33. The molecule has 0 aliphatic carbocycles. The number of ether oxygens (including phenoxy) is 2. The van der Waals surface area contributed by atoms with Crippen LogP contribution in [0.1, 0.15) is 28.2 Å². The van der Waals surface area contributed by atoms with Crippen molar-refractivity contribution in [1.29, 1.82) is 0 Å². The highest BCUT2D eigenvalue weighted by Gasteiger charge is 2.24. The highest BCUT2D eigenvalue weighted by molar-refractivity contribution is 5.93. The van der Waals surface area contributed by atoms with Crippen LogP contribution in [0.3, 0.4) is 0 Å². The second-order valence-electron chi connectivity index (χ2n) is 6.68. The zero-order chi connectivity index (χ0) is 21.5. The van der Waals surface area contributed by atoms with Gasteiger partial charge in [0.25, 0.3) is 5.91 Å². The average molecular weight is 408 g/mol. The van der Waals surface area contributed by atoms with Gasteiger partial charge >= 0.3 is 5.97 Å². The molecule has 1 heterocycles. The van der Waals surface area contributed by atoms with Gasteiger partial charge in [-0.2, -0.15) is 0 Å². The minimum atomic E-state index is -0.377. The number of hydrogen-bond acceptors (Lipinski definition) is 6. The molecule has 0 unspecified atom stereocenters. The molecule has 30 heavy (non-hydrogen) atoms. The van der Waals surface area contributed by atoms with E-state index >= 15 is 0 Å². The molecular weight excluding hydrogens is 384 g/mol. The molecule has 0 aliphatic rings. The van der Waals surface area contributed by atoms with Crippen molar-refractivity contribution < 1.29 is 19.1 Å². The molecular formula is C22H24N4O4. The Bertz CT molecular complexity index is 1020. The van der Waals surface area contributed by atoms with Gasteiger partial charge in [0.2, 0.25) is 0 Å². The number of nitrogens with zero attached hydrogens (tertiary/aromatic N) is 4. The Morgan fingerprint density at radius 1 is 1.07 bits per heavy atom. The van der Waals surface area contributed by atoms with Crippen molar-refractivity contribution in [2.75, 3.05) is 20.8 Å². The van der Waals surface area contributed by atoms with Crippen molar-refractivity contribution in [3.63, 3.8) is 0 Å². The zero-order valence-electron chi connectivity index (χ0n) is 17.2. The zero-order valence-corrected chi connectivity index (χ0v) is 17.2. The van der Waals surface area contributed by atoms with Crippen LogP contribution in [0, 0.1) is 6.92 Å². The number of methoxy groups -OCH3 is 2. The molecule has 3 aromatic rings. The third-order valence-corrected chi connectivity index (χ3v) is 4.71. The van der Waals surface area contributed by atoms with Gasteiger partial charge in [0, 0.05) is 19.2 Å². The van der Waals surface area contributed by atoms with Crippen LogP contribution >= 0.6 is 0 Å². The van der Waals surface area contributed by atoms with Crippen LogP contribution in [0.15, 0.2) is 54.6 Å². The van der Waals surface area contributed by atoms with Crippen LogP contribution in [0.5, 0.6) is 5.75 Å². The molecule has 8 heteroatoms. The third kappa shape index (κ3) is 4.83. The van der Waals surface area contributed by atoms with Crippen LogP contribution in [0.4, 0.5) is 0 Å². The molecule has 2 aromatic carbocycles. The molecule has 0 aliphatic heterocycles. The van der Waals surface area contributed by atoms with E-state index < -0.39 is 0 Å². The van der Waals surface area contributed by atoms with Crippen molar-refractivity contribution in [2.24, 2.45) is 0 Å². The number of benzene rings is 2. The second kappa shape index (κ2) is 9.69. The molecule has 0 N–H and O–H groups in total. The SMILES string of the molecule is COC(=O)CCN(Cc1ccccc1)C(=O)c1nnn(-c2cccc(OC)c2)c1C. The molecule has 0 bridgehead atoms. The summed E-state index contributed by atoms with van der Waals surface area (Å²) in [5, 5.41) is 8.28. The first kappa shape index (κ1) is 21.0. The topological polar surface area (TPSA) is 86.5 Å². The molecule has 0 spiro atoms. The largest absolute Gasteiger partial charge is 0.497 e. The summed E-state index contributed by atoms with van der Waals surface area (Å²) < 4.78 is 11.6. The summed E-state index contributed by atoms with van der Waals surface area (Å²) in [5.74, 6) is 0.00563. The molecule has 0 fully saturated rings. The number of carbonyl (C=O) groups is 2. The Morgan fingerprint density at radius 3 is 2.53 bits per heavy atom. The second-order valence-corrected chi connectivity index (χ2v) is 6.68. The van der Waals surface area contributed by atoms with Gasteiger partial charge in [0.1, 0.15) is 5.75 Å². The summed E-state index contributed by atoms with van der Waals surface area (Å²) in [5.41, 5.74) is 2.53. The fourth-order valence-corrected chi connectivity index (χ4v) is 3.05. The minimum Gasteiger partial charge on any atom is -0.497 e. The van der Waals surface area contributed by atoms with Crippen LogP contribution in [-0.2, 0) is 16.1 Å². The summed E-state index contributed by atoms with van der Waals surface area (Å²) in [4.78, 5) is 26.5. The lowest BCUT2D eigenvalue weighted by atomic mass is 10.2. The maximum atomic E-state index is 13.3. The van der Waals surface area contributed by atoms with E-state index in [1.165, 1.54) is 7.11 Å². The maximum absolute atomic E-state index is 13.3. The molecule has 0 saturated carbocycles. The number of amides is 1. The van der Waals surface area contributed by atoms with E-state index in [0.29, 0.717) is 18.0 Å². The van der Waals surface area contributed by atoms with Crippen molar-refractivity contribution in [2.45, 2.75) is 19.9 Å². The van der Waals surface area contributed by atoms with Gasteiger partial charge in [0.05, 0.1) is 32.0 Å². The van der Waals surface area contributed by atoms with Crippen molar-refractivity contribution in [1.82, 2.24) is 19.9 Å². The van der Waals surface area contributed by atoms with E-state index in [4.69, 9.17) is 9.47 Å². The molecule has 8 nitrogen and oxygen atoms in total. The number of carbonyl (C=O) groups excluding carboxylic acids is 2. The standard InChI is InChI=1S/C22H24N4O4/c1-16-21(23-24-26(16)18-10-7-11-19(14-18)29-2)22(28)25(13-12-20(27)30-3)15-17-8-5-4-6-9-17/h4-11,14H,12-13,15H2,1-3H3. The van der Waals surface area contributed by atoms with Gasteiger partial charge < -0.3 is 14.4 Å². The fourth-order valence-electron chi connectivity index (χ4n) is 3.05. The van der Waals surface area contributed by atoms with Gasteiger partial charge in [-0.15, -0.1) is 5.10 Å². The molecule has 1 aromatic heterocycles. The molecule has 1 amide bonds. The van der Waals surface area contributed by atoms with Crippen molar-refractivity contribution in [3.05, 3.63) is 71.5 Å². The molecule has 3 rings (SSSR count). The summed E-state index contributed by atoms with van der Waals surface area (Å²) >= 11 is 0. The Hall–Kier alpha value is -3.68. The Labute approximate surface area is 175 Å². The molecule has 0 radical (unpaired) electrons. The van der Waals surface area contributed by atoms with E-state index in [2.05, 4.69) is 10.3 Å². The average Bonchev–Trinajstić information content (AvgIpc) is 3.17. The normalized spacial score (nSPS) is 10.5.